The first-order valence-electron chi connectivity index (χ1n) is 6.08. The van der Waals surface area contributed by atoms with Gasteiger partial charge in [0.25, 0.3) is 0 Å². The van der Waals surface area contributed by atoms with E-state index in [1.54, 1.807) is 0 Å². The second kappa shape index (κ2) is 4.57. The van der Waals surface area contributed by atoms with Crippen molar-refractivity contribution in [2.24, 2.45) is 11.8 Å². The number of fused-ring (bicyclic) bond motifs is 2. The van der Waals surface area contributed by atoms with Crippen LogP contribution in [0.5, 0.6) is 0 Å². The monoisotopic (exact) mass is 232 g/mol. The van der Waals surface area contributed by atoms with Crippen molar-refractivity contribution in [2.75, 3.05) is 13.2 Å². The highest BCUT2D eigenvalue weighted by Gasteiger charge is 2.50. The van der Waals surface area contributed by atoms with Crippen LogP contribution in [0, 0.1) is 11.8 Å². The Morgan fingerprint density at radius 1 is 1.13 bits per heavy atom. The molecule has 2 fully saturated rings. The van der Waals surface area contributed by atoms with Crippen LogP contribution in [0.1, 0.15) is 39.5 Å². The topological polar surface area (TPSA) is 35.5 Å². The Labute approximate surface area is 92.1 Å². The summed E-state index contributed by atoms with van der Waals surface area (Å²) in [5.74, 6) is 1.38. The van der Waals surface area contributed by atoms with Gasteiger partial charge >= 0.3 is 7.60 Å². The molecule has 2 aliphatic rings. The van der Waals surface area contributed by atoms with E-state index in [0.29, 0.717) is 19.1 Å². The van der Waals surface area contributed by atoms with E-state index in [-0.39, 0.29) is 5.66 Å². The second-order valence-corrected chi connectivity index (χ2v) is 6.88. The molecule has 4 heteroatoms. The maximum Gasteiger partial charge on any atom is 0.333 e. The Balaban J connectivity index is 2.08. The lowest BCUT2D eigenvalue weighted by molar-refractivity contribution is 0.203. The van der Waals surface area contributed by atoms with Crippen molar-refractivity contribution in [1.29, 1.82) is 0 Å². The van der Waals surface area contributed by atoms with Gasteiger partial charge in [-0.15, -0.1) is 0 Å². The predicted octanol–water partition coefficient (Wildman–Crippen LogP) is 3.44. The molecular weight excluding hydrogens is 211 g/mol. The summed E-state index contributed by atoms with van der Waals surface area (Å²) in [4.78, 5) is 0. The third-order valence-electron chi connectivity index (χ3n) is 3.73. The van der Waals surface area contributed by atoms with E-state index >= 15 is 0 Å². The lowest BCUT2D eigenvalue weighted by Crippen LogP contribution is -2.20. The Hall–Kier alpha value is 0.150. The molecule has 0 N–H and O–H groups in total. The van der Waals surface area contributed by atoms with Gasteiger partial charge in [-0.1, -0.05) is 6.42 Å². The molecule has 3 nitrogen and oxygen atoms in total. The molecule has 0 aliphatic heterocycles. The van der Waals surface area contributed by atoms with Gasteiger partial charge in [0.2, 0.25) is 0 Å². The van der Waals surface area contributed by atoms with Gasteiger partial charge in [-0.05, 0) is 44.9 Å². The first kappa shape index (κ1) is 11.6. The zero-order valence-corrected chi connectivity index (χ0v) is 10.5. The highest BCUT2D eigenvalue weighted by atomic mass is 31.2. The average molecular weight is 232 g/mol. The Morgan fingerprint density at radius 2 is 1.80 bits per heavy atom. The molecule has 0 saturated heterocycles. The van der Waals surface area contributed by atoms with Crippen molar-refractivity contribution in [3.8, 4) is 0 Å². The summed E-state index contributed by atoms with van der Waals surface area (Å²) in [6.45, 7) is 4.76. The summed E-state index contributed by atoms with van der Waals surface area (Å²) in [6, 6.07) is 0. The minimum absolute atomic E-state index is 0.191. The van der Waals surface area contributed by atoms with E-state index in [1.165, 1.54) is 19.3 Å². The minimum atomic E-state index is -2.81. The van der Waals surface area contributed by atoms with E-state index in [9.17, 15) is 4.57 Å². The molecule has 2 aliphatic carbocycles. The maximum absolute atomic E-state index is 12.6. The molecule has 0 unspecified atom stereocenters. The molecule has 2 saturated carbocycles. The zero-order valence-electron chi connectivity index (χ0n) is 9.65. The highest BCUT2D eigenvalue weighted by Crippen LogP contribution is 2.64. The first-order valence-corrected chi connectivity index (χ1v) is 7.69. The van der Waals surface area contributed by atoms with Crippen LogP contribution >= 0.6 is 7.60 Å². The molecule has 0 amide bonds. The van der Waals surface area contributed by atoms with Crippen LogP contribution < -0.4 is 0 Å². The van der Waals surface area contributed by atoms with Crippen LogP contribution in [0.2, 0.25) is 0 Å². The van der Waals surface area contributed by atoms with E-state index in [1.807, 2.05) is 13.8 Å². The summed E-state index contributed by atoms with van der Waals surface area (Å²) in [5.41, 5.74) is 0.191. The number of hydrogen-bond donors (Lipinski definition) is 0. The largest absolute Gasteiger partial charge is 0.333 e. The third kappa shape index (κ3) is 2.15. The predicted molar refractivity (Wildman–Crippen MR) is 60.1 cm³/mol. The van der Waals surface area contributed by atoms with Gasteiger partial charge in [0.05, 0.1) is 18.9 Å². The van der Waals surface area contributed by atoms with Crippen molar-refractivity contribution in [3.05, 3.63) is 0 Å². The van der Waals surface area contributed by atoms with Crippen molar-refractivity contribution in [3.63, 3.8) is 0 Å². The summed E-state index contributed by atoms with van der Waals surface area (Å²) in [7, 11) is -2.81. The fourth-order valence-electron chi connectivity index (χ4n) is 3.19. The van der Waals surface area contributed by atoms with Crippen LogP contribution in [0.4, 0.5) is 0 Å². The smallest absolute Gasteiger partial charge is 0.309 e. The second-order valence-electron chi connectivity index (χ2n) is 4.62. The molecule has 15 heavy (non-hydrogen) atoms. The molecule has 0 aromatic heterocycles. The third-order valence-corrected chi connectivity index (χ3v) is 6.41. The molecule has 0 heterocycles. The van der Waals surface area contributed by atoms with Gasteiger partial charge in [-0.2, -0.15) is 0 Å². The molecule has 2 bridgehead atoms. The van der Waals surface area contributed by atoms with Crippen molar-refractivity contribution < 1.29 is 13.6 Å². The fraction of sp³-hybridized carbons (Fsp3) is 1.00. The summed E-state index contributed by atoms with van der Waals surface area (Å²) in [6.07, 6.45) is 4.84. The number of rotatable bonds is 5. The summed E-state index contributed by atoms with van der Waals surface area (Å²) in [5, 5.41) is 0. The molecule has 0 aromatic rings. The molecule has 2 rings (SSSR count). The highest BCUT2D eigenvalue weighted by molar-refractivity contribution is 7.54. The Bertz CT molecular complexity index is 257. The molecule has 0 spiro atoms. The number of hydrogen-bond acceptors (Lipinski definition) is 3. The van der Waals surface area contributed by atoms with E-state index < -0.39 is 7.60 Å². The van der Waals surface area contributed by atoms with E-state index in [2.05, 4.69) is 0 Å². The average Bonchev–Trinajstić information content (AvgIpc) is 2.79. The van der Waals surface area contributed by atoms with Crippen LogP contribution in [0.15, 0.2) is 0 Å². The van der Waals surface area contributed by atoms with Crippen molar-refractivity contribution in [2.45, 2.75) is 45.2 Å². The summed E-state index contributed by atoms with van der Waals surface area (Å²) >= 11 is 0. The van der Waals surface area contributed by atoms with E-state index in [0.717, 1.165) is 12.3 Å². The minimum Gasteiger partial charge on any atom is -0.309 e. The van der Waals surface area contributed by atoms with Crippen molar-refractivity contribution in [1.82, 2.24) is 0 Å². The van der Waals surface area contributed by atoms with Crippen LogP contribution in [0.3, 0.4) is 0 Å². The molecule has 0 radical (unpaired) electrons. The van der Waals surface area contributed by atoms with Gasteiger partial charge < -0.3 is 9.05 Å². The van der Waals surface area contributed by atoms with Crippen LogP contribution in [-0.4, -0.2) is 18.9 Å². The standard InChI is InChI=1S/C11H21O3P/c1-3-13-15(12,14-4-2)11-8-9-5-6-10(11)7-9/h9-11H,3-8H2,1-2H3/t9-,10+,11+/m0/s1. The van der Waals surface area contributed by atoms with Gasteiger partial charge in [-0.3, -0.25) is 4.57 Å². The molecule has 3 atom stereocenters. The van der Waals surface area contributed by atoms with Crippen LogP contribution in [0.25, 0.3) is 0 Å². The van der Waals surface area contributed by atoms with Crippen molar-refractivity contribution >= 4 is 7.60 Å². The molecule has 0 aromatic carbocycles. The van der Waals surface area contributed by atoms with E-state index in [4.69, 9.17) is 9.05 Å². The Morgan fingerprint density at radius 3 is 2.20 bits per heavy atom. The lowest BCUT2D eigenvalue weighted by Gasteiger charge is -2.29. The summed E-state index contributed by atoms with van der Waals surface area (Å²) < 4.78 is 23.4. The molecular formula is C11H21O3P. The Kier molecular flexibility index (Phi) is 3.54. The SMILES string of the molecule is CCOP(=O)(OCC)[C@@H]1C[C@H]2CC[C@@H]1C2. The van der Waals surface area contributed by atoms with Gasteiger partial charge in [0, 0.05) is 0 Å². The normalized spacial score (nSPS) is 34.9. The molecule has 88 valence electrons. The lowest BCUT2D eigenvalue weighted by atomic mass is 10.0. The quantitative estimate of drug-likeness (QED) is 0.681. The first-order chi connectivity index (χ1) is 7.19. The van der Waals surface area contributed by atoms with Gasteiger partial charge in [-0.25, -0.2) is 0 Å². The maximum atomic E-state index is 12.6. The van der Waals surface area contributed by atoms with Gasteiger partial charge in [0.1, 0.15) is 0 Å². The van der Waals surface area contributed by atoms with Gasteiger partial charge in [0.15, 0.2) is 0 Å². The van der Waals surface area contributed by atoms with Crippen LogP contribution in [-0.2, 0) is 13.6 Å². The zero-order chi connectivity index (χ0) is 10.9. The fourth-order valence-corrected chi connectivity index (χ4v) is 5.71.